The molecule has 1 saturated heterocycles. The number of likely N-dealkylation sites (tertiary alicyclic amines) is 1. The van der Waals surface area contributed by atoms with E-state index in [2.05, 4.69) is 10.0 Å². The zero-order valence-corrected chi connectivity index (χ0v) is 13.7. The van der Waals surface area contributed by atoms with Crippen LogP contribution in [0.25, 0.3) is 16.5 Å². The molecule has 1 heterocycles. The number of hydrogen-bond donors (Lipinski definition) is 0. The molecular formula is C17H18N4O3. The van der Waals surface area contributed by atoms with Crippen molar-refractivity contribution in [2.45, 2.75) is 25.9 Å². The predicted molar refractivity (Wildman–Crippen MR) is 89.4 cm³/mol. The van der Waals surface area contributed by atoms with Gasteiger partial charge in [-0.05, 0) is 30.5 Å². The van der Waals surface area contributed by atoms with Crippen molar-refractivity contribution in [1.82, 2.24) is 4.90 Å². The van der Waals surface area contributed by atoms with Crippen molar-refractivity contribution < 1.29 is 14.3 Å². The number of allylic oxidation sites excluding steroid dienone is 1. The van der Waals surface area contributed by atoms with Crippen molar-refractivity contribution in [3.8, 4) is 0 Å². The number of hydrogen-bond acceptors (Lipinski definition) is 4. The normalized spacial score (nSPS) is 19.5. The molecule has 7 heteroatoms. The van der Waals surface area contributed by atoms with Gasteiger partial charge in [0.05, 0.1) is 13.2 Å². The Kier molecular flexibility index (Phi) is 5.39. The van der Waals surface area contributed by atoms with Crippen molar-refractivity contribution in [1.29, 1.82) is 0 Å². The third-order valence-corrected chi connectivity index (χ3v) is 3.67. The van der Waals surface area contributed by atoms with Gasteiger partial charge in [0.25, 0.3) is 0 Å². The van der Waals surface area contributed by atoms with E-state index in [1.807, 2.05) is 36.4 Å². The van der Waals surface area contributed by atoms with Crippen LogP contribution in [0, 0.1) is 0 Å². The second kappa shape index (κ2) is 7.48. The third kappa shape index (κ3) is 3.31. The smallest absolute Gasteiger partial charge is 0.354 e. The molecule has 7 nitrogen and oxygen atoms in total. The highest BCUT2D eigenvalue weighted by Crippen LogP contribution is 2.31. The van der Waals surface area contributed by atoms with Crippen LogP contribution in [-0.2, 0) is 14.3 Å². The summed E-state index contributed by atoms with van der Waals surface area (Å²) >= 11 is 0. The molecule has 1 fully saturated rings. The molecule has 1 aliphatic rings. The third-order valence-electron chi connectivity index (χ3n) is 3.67. The molecule has 2 atom stereocenters. The fourth-order valence-electron chi connectivity index (χ4n) is 2.53. The molecule has 2 unspecified atom stereocenters. The van der Waals surface area contributed by atoms with Gasteiger partial charge in [-0.3, -0.25) is 9.69 Å². The van der Waals surface area contributed by atoms with Crippen molar-refractivity contribution >= 4 is 18.0 Å². The Morgan fingerprint density at radius 3 is 2.54 bits per heavy atom. The van der Waals surface area contributed by atoms with Crippen LogP contribution < -0.4 is 0 Å². The Morgan fingerprint density at radius 2 is 2.00 bits per heavy atom. The molecule has 0 spiro atoms. The van der Waals surface area contributed by atoms with Crippen LogP contribution in [0.3, 0.4) is 0 Å². The number of benzene rings is 1. The van der Waals surface area contributed by atoms with Crippen molar-refractivity contribution in [2.75, 3.05) is 7.11 Å². The number of esters is 1. The molecule has 0 radical (unpaired) electrons. The van der Waals surface area contributed by atoms with E-state index in [-0.39, 0.29) is 5.70 Å². The summed E-state index contributed by atoms with van der Waals surface area (Å²) < 4.78 is 4.77. The molecule has 0 bridgehead atoms. The van der Waals surface area contributed by atoms with E-state index in [0.717, 1.165) is 5.56 Å². The minimum Gasteiger partial charge on any atom is -0.464 e. The van der Waals surface area contributed by atoms with E-state index in [0.29, 0.717) is 5.57 Å². The summed E-state index contributed by atoms with van der Waals surface area (Å²) in [6.07, 6.45) is 3.58. The first-order chi connectivity index (χ1) is 11.5. The van der Waals surface area contributed by atoms with Gasteiger partial charge in [-0.15, -0.1) is 0 Å². The molecule has 0 aromatic heterocycles. The Balaban J connectivity index is 2.37. The van der Waals surface area contributed by atoms with Crippen LogP contribution in [0.2, 0.25) is 0 Å². The van der Waals surface area contributed by atoms with Crippen LogP contribution in [0.15, 0.2) is 52.8 Å². The van der Waals surface area contributed by atoms with Gasteiger partial charge in [-0.2, -0.15) is 0 Å². The Morgan fingerprint density at radius 1 is 1.33 bits per heavy atom. The monoisotopic (exact) mass is 326 g/mol. The van der Waals surface area contributed by atoms with E-state index in [1.54, 1.807) is 19.9 Å². The summed E-state index contributed by atoms with van der Waals surface area (Å²) in [7, 11) is 1.26. The van der Waals surface area contributed by atoms with E-state index in [9.17, 15) is 9.59 Å². The molecule has 1 aromatic carbocycles. The molecule has 1 aromatic rings. The number of methoxy groups -OCH3 is 1. The fourth-order valence-corrected chi connectivity index (χ4v) is 2.53. The molecule has 1 amide bonds. The second-order valence-corrected chi connectivity index (χ2v) is 5.46. The minimum atomic E-state index is -0.867. The number of amides is 1. The molecular weight excluding hydrogens is 308 g/mol. The first-order valence-corrected chi connectivity index (χ1v) is 7.37. The maximum atomic E-state index is 12.3. The van der Waals surface area contributed by atoms with Crippen molar-refractivity contribution in [2.24, 2.45) is 5.11 Å². The topological polar surface area (TPSA) is 95.4 Å². The maximum Gasteiger partial charge on any atom is 0.354 e. The first-order valence-electron chi connectivity index (χ1n) is 7.37. The van der Waals surface area contributed by atoms with Gasteiger partial charge in [0, 0.05) is 4.91 Å². The lowest BCUT2D eigenvalue weighted by Gasteiger charge is -2.44. The number of β-lactam (4-membered cyclic amide) rings is 1. The van der Waals surface area contributed by atoms with E-state index in [1.165, 1.54) is 12.0 Å². The van der Waals surface area contributed by atoms with Crippen molar-refractivity contribution in [3.05, 3.63) is 63.7 Å². The van der Waals surface area contributed by atoms with Gasteiger partial charge < -0.3 is 4.74 Å². The zero-order valence-electron chi connectivity index (χ0n) is 13.7. The van der Waals surface area contributed by atoms with Gasteiger partial charge in [0.15, 0.2) is 0 Å². The molecule has 2 rings (SSSR count). The summed E-state index contributed by atoms with van der Waals surface area (Å²) in [6, 6.07) is 8.11. The standard InChI is InChI=1S/C17H18N4O3/c1-11(2)15(17(23)24-3)21-13(14(16(21)22)19-20-18)10-9-12-7-5-4-6-8-12/h4-10,13-14H,1-3H3. The summed E-state index contributed by atoms with van der Waals surface area (Å²) in [5, 5.41) is 3.55. The average Bonchev–Trinajstić information content (AvgIpc) is 2.59. The molecule has 24 heavy (non-hydrogen) atoms. The lowest BCUT2D eigenvalue weighted by Crippen LogP contribution is -2.63. The van der Waals surface area contributed by atoms with Gasteiger partial charge in [-0.1, -0.05) is 47.6 Å². The Hall–Kier alpha value is -3.05. The van der Waals surface area contributed by atoms with Gasteiger partial charge in [0.1, 0.15) is 11.7 Å². The van der Waals surface area contributed by atoms with Crippen LogP contribution in [-0.4, -0.2) is 36.0 Å². The van der Waals surface area contributed by atoms with Gasteiger partial charge >= 0.3 is 5.97 Å². The number of carbonyl (C=O) groups is 2. The van der Waals surface area contributed by atoms with E-state index >= 15 is 0 Å². The highest BCUT2D eigenvalue weighted by atomic mass is 16.5. The molecule has 1 aliphatic heterocycles. The Bertz CT molecular complexity index is 744. The fraction of sp³-hybridized carbons (Fsp3) is 0.294. The lowest BCUT2D eigenvalue weighted by atomic mass is 9.92. The Labute approximate surface area is 139 Å². The molecule has 0 saturated carbocycles. The minimum absolute atomic E-state index is 0.176. The quantitative estimate of drug-likeness (QED) is 0.208. The molecule has 0 aliphatic carbocycles. The molecule has 124 valence electrons. The summed E-state index contributed by atoms with van der Waals surface area (Å²) in [6.45, 7) is 3.44. The SMILES string of the molecule is COC(=O)C(=C(C)C)N1C(=O)C(N=[N+]=[N-])C1C=Cc1ccccc1. The van der Waals surface area contributed by atoms with Gasteiger partial charge in [0.2, 0.25) is 5.91 Å². The van der Waals surface area contributed by atoms with Gasteiger partial charge in [-0.25, -0.2) is 4.79 Å². The highest BCUT2D eigenvalue weighted by molar-refractivity contribution is 6.00. The molecule has 0 N–H and O–H groups in total. The van der Waals surface area contributed by atoms with Crippen LogP contribution >= 0.6 is 0 Å². The zero-order chi connectivity index (χ0) is 17.7. The number of azide groups is 1. The van der Waals surface area contributed by atoms with E-state index in [4.69, 9.17) is 10.3 Å². The number of ether oxygens (including phenoxy) is 1. The van der Waals surface area contributed by atoms with E-state index < -0.39 is 24.0 Å². The van der Waals surface area contributed by atoms with Crippen molar-refractivity contribution in [3.63, 3.8) is 0 Å². The number of nitrogens with zero attached hydrogens (tertiary/aromatic N) is 4. The summed E-state index contributed by atoms with van der Waals surface area (Å²) in [5.41, 5.74) is 10.4. The van der Waals surface area contributed by atoms with Crippen LogP contribution in [0.1, 0.15) is 19.4 Å². The van der Waals surface area contributed by atoms with Crippen LogP contribution in [0.4, 0.5) is 0 Å². The summed E-state index contributed by atoms with van der Waals surface area (Å²) in [4.78, 5) is 28.4. The highest BCUT2D eigenvalue weighted by Gasteiger charge is 2.49. The number of rotatable bonds is 5. The predicted octanol–water partition coefficient (Wildman–Crippen LogP) is 3.06. The second-order valence-electron chi connectivity index (χ2n) is 5.46. The maximum absolute atomic E-state index is 12.3. The van der Waals surface area contributed by atoms with Crippen LogP contribution in [0.5, 0.6) is 0 Å². The lowest BCUT2D eigenvalue weighted by molar-refractivity contribution is -0.150. The summed E-state index contributed by atoms with van der Waals surface area (Å²) in [5.74, 6) is -1.02. The average molecular weight is 326 g/mol. The largest absolute Gasteiger partial charge is 0.464 e. The number of carbonyl (C=O) groups excluding carboxylic acids is 2. The first kappa shape index (κ1) is 17.3.